The molecule has 0 heterocycles. The number of carbonyl (C=O) groups excluding carboxylic acids is 1. The van der Waals surface area contributed by atoms with Crippen molar-refractivity contribution in [1.29, 1.82) is 0 Å². The molecule has 2 rings (SSSR count). The van der Waals surface area contributed by atoms with E-state index in [9.17, 15) is 14.7 Å². The molecule has 0 bridgehead atoms. The van der Waals surface area contributed by atoms with Gasteiger partial charge in [0.1, 0.15) is 5.78 Å². The summed E-state index contributed by atoms with van der Waals surface area (Å²) in [6, 6.07) is 8.28. The first-order chi connectivity index (χ1) is 13.8. The molecule has 4 nitrogen and oxygen atoms in total. The van der Waals surface area contributed by atoms with Gasteiger partial charge in [0.15, 0.2) is 0 Å². The maximum absolute atomic E-state index is 12.4. The molecule has 1 saturated carbocycles. The zero-order chi connectivity index (χ0) is 21.3. The van der Waals surface area contributed by atoms with Crippen molar-refractivity contribution in [3.8, 4) is 0 Å². The Labute approximate surface area is 175 Å². The molecule has 2 N–H and O–H groups in total. The highest BCUT2D eigenvalue weighted by molar-refractivity contribution is 5.84. The van der Waals surface area contributed by atoms with Crippen LogP contribution in [0.2, 0.25) is 0 Å². The Kier molecular flexibility index (Phi) is 9.35. The van der Waals surface area contributed by atoms with E-state index in [0.717, 1.165) is 69.8 Å². The molecule has 0 spiro atoms. The molecule has 1 fully saturated rings. The summed E-state index contributed by atoms with van der Waals surface area (Å²) in [5.74, 6) is 0.00555. The number of ketones is 1. The number of carboxylic acid groups (broad SMARTS) is 1. The highest BCUT2D eigenvalue weighted by Crippen LogP contribution is 2.41. The van der Waals surface area contributed by atoms with Crippen LogP contribution in [0.25, 0.3) is 0 Å². The lowest BCUT2D eigenvalue weighted by molar-refractivity contribution is -0.137. The molecule has 4 heteroatoms. The topological polar surface area (TPSA) is 74.6 Å². The molecule has 3 unspecified atom stereocenters. The van der Waals surface area contributed by atoms with Gasteiger partial charge in [0.2, 0.25) is 0 Å². The van der Waals surface area contributed by atoms with Crippen LogP contribution < -0.4 is 0 Å². The molecule has 3 atom stereocenters. The van der Waals surface area contributed by atoms with E-state index in [-0.39, 0.29) is 18.3 Å². The van der Waals surface area contributed by atoms with Crippen LogP contribution in [0.15, 0.2) is 24.3 Å². The van der Waals surface area contributed by atoms with Gasteiger partial charge in [-0.3, -0.25) is 9.59 Å². The van der Waals surface area contributed by atoms with Crippen molar-refractivity contribution in [3.63, 3.8) is 0 Å². The summed E-state index contributed by atoms with van der Waals surface area (Å²) in [5.41, 5.74) is 1.37. The molecular formula is C25H38O4. The minimum atomic E-state index is -0.797. The lowest BCUT2D eigenvalue weighted by Gasteiger charge is -2.25. The fraction of sp³-hybridized carbons (Fsp3) is 0.680. The van der Waals surface area contributed by atoms with Crippen LogP contribution in [-0.2, 0) is 15.2 Å². The third-order valence-corrected chi connectivity index (χ3v) is 6.48. The predicted octanol–water partition coefficient (Wildman–Crippen LogP) is 5.96. The first-order valence-corrected chi connectivity index (χ1v) is 11.4. The minimum Gasteiger partial charge on any atom is -0.481 e. The molecular weight excluding hydrogens is 364 g/mol. The van der Waals surface area contributed by atoms with E-state index in [1.807, 2.05) is 19.1 Å². The number of hydrogen-bond acceptors (Lipinski definition) is 3. The summed E-state index contributed by atoms with van der Waals surface area (Å²) in [6.45, 7) is 4.06. The number of aliphatic carboxylic acids is 1. The molecule has 1 aliphatic rings. The van der Waals surface area contributed by atoms with Crippen LogP contribution >= 0.6 is 0 Å². The molecule has 0 saturated heterocycles. The Morgan fingerprint density at radius 1 is 1.07 bits per heavy atom. The Morgan fingerprint density at radius 2 is 1.76 bits per heavy atom. The van der Waals surface area contributed by atoms with Crippen LogP contribution in [-0.4, -0.2) is 22.0 Å². The monoisotopic (exact) mass is 402 g/mol. The van der Waals surface area contributed by atoms with E-state index in [2.05, 4.69) is 19.1 Å². The van der Waals surface area contributed by atoms with E-state index < -0.39 is 11.6 Å². The first-order valence-electron chi connectivity index (χ1n) is 11.4. The molecule has 0 amide bonds. The standard InChI is InChI=1S/C25H38O4/c1-3-4-9-18-25(2,29)20-14-12-19(13-15-20)21-16-17-23(26)22(21)10-7-5-6-8-11-24(27)28/h12-15,21-22,29H,3-11,16-18H2,1-2H3,(H,27,28). The van der Waals surface area contributed by atoms with Crippen LogP contribution in [0, 0.1) is 5.92 Å². The smallest absolute Gasteiger partial charge is 0.303 e. The fourth-order valence-electron chi connectivity index (χ4n) is 4.62. The van der Waals surface area contributed by atoms with Crippen molar-refractivity contribution in [2.24, 2.45) is 5.92 Å². The quantitative estimate of drug-likeness (QED) is 0.399. The van der Waals surface area contributed by atoms with E-state index in [4.69, 9.17) is 5.11 Å². The molecule has 162 valence electrons. The molecule has 1 aromatic rings. The van der Waals surface area contributed by atoms with Crippen molar-refractivity contribution in [2.45, 2.75) is 102 Å². The second kappa shape index (κ2) is 11.5. The SMILES string of the molecule is CCCCCC(C)(O)c1ccc(C2CCC(=O)C2CCCCCCC(=O)O)cc1. The van der Waals surface area contributed by atoms with Crippen molar-refractivity contribution in [2.75, 3.05) is 0 Å². The zero-order valence-electron chi connectivity index (χ0n) is 18.2. The number of Topliss-reactive ketones (excluding diaryl/α,β-unsaturated/α-hetero) is 1. The Morgan fingerprint density at radius 3 is 2.41 bits per heavy atom. The molecule has 0 radical (unpaired) electrons. The third kappa shape index (κ3) is 7.26. The number of aliphatic hydroxyl groups is 1. The number of carbonyl (C=O) groups is 2. The lowest BCUT2D eigenvalue weighted by Crippen LogP contribution is -2.21. The zero-order valence-corrected chi connectivity index (χ0v) is 18.2. The van der Waals surface area contributed by atoms with E-state index in [1.165, 1.54) is 5.56 Å². The molecule has 29 heavy (non-hydrogen) atoms. The van der Waals surface area contributed by atoms with Gasteiger partial charge in [0, 0.05) is 18.8 Å². The highest BCUT2D eigenvalue weighted by Gasteiger charge is 2.35. The molecule has 0 aliphatic heterocycles. The van der Waals surface area contributed by atoms with Gasteiger partial charge in [-0.05, 0) is 49.7 Å². The Balaban J connectivity index is 1.90. The third-order valence-electron chi connectivity index (χ3n) is 6.48. The normalized spacial score (nSPS) is 21.3. The van der Waals surface area contributed by atoms with E-state index >= 15 is 0 Å². The Hall–Kier alpha value is -1.68. The maximum Gasteiger partial charge on any atom is 0.303 e. The second-order valence-corrected chi connectivity index (χ2v) is 8.92. The van der Waals surface area contributed by atoms with Gasteiger partial charge in [-0.1, -0.05) is 69.7 Å². The predicted molar refractivity (Wildman–Crippen MR) is 116 cm³/mol. The average molecular weight is 403 g/mol. The van der Waals surface area contributed by atoms with E-state index in [0.29, 0.717) is 12.2 Å². The maximum atomic E-state index is 12.4. The van der Waals surface area contributed by atoms with Crippen molar-refractivity contribution in [3.05, 3.63) is 35.4 Å². The fourth-order valence-corrected chi connectivity index (χ4v) is 4.62. The van der Waals surface area contributed by atoms with Gasteiger partial charge < -0.3 is 10.2 Å². The summed E-state index contributed by atoms with van der Waals surface area (Å²) < 4.78 is 0. The second-order valence-electron chi connectivity index (χ2n) is 8.92. The van der Waals surface area contributed by atoms with Crippen molar-refractivity contribution >= 4 is 11.8 Å². The summed E-state index contributed by atoms with van der Waals surface area (Å²) in [4.78, 5) is 23.0. The summed E-state index contributed by atoms with van der Waals surface area (Å²) in [5, 5.41) is 19.5. The number of benzene rings is 1. The Bertz CT molecular complexity index is 647. The van der Waals surface area contributed by atoms with Crippen LogP contribution in [0.1, 0.15) is 108 Å². The van der Waals surface area contributed by atoms with Gasteiger partial charge in [-0.2, -0.15) is 0 Å². The van der Waals surface area contributed by atoms with Crippen molar-refractivity contribution in [1.82, 2.24) is 0 Å². The van der Waals surface area contributed by atoms with Crippen LogP contribution in [0.4, 0.5) is 0 Å². The van der Waals surface area contributed by atoms with Crippen molar-refractivity contribution < 1.29 is 19.8 Å². The molecule has 1 aromatic carbocycles. The van der Waals surface area contributed by atoms with Crippen LogP contribution in [0.5, 0.6) is 0 Å². The average Bonchev–Trinajstić information content (AvgIpc) is 3.05. The summed E-state index contributed by atoms with van der Waals surface area (Å²) in [6.07, 6.45) is 10.4. The lowest BCUT2D eigenvalue weighted by atomic mass is 9.83. The van der Waals surface area contributed by atoms with E-state index in [1.54, 1.807) is 0 Å². The first kappa shape index (κ1) is 23.6. The van der Waals surface area contributed by atoms with Gasteiger partial charge in [0.05, 0.1) is 5.60 Å². The number of unbranched alkanes of at least 4 members (excludes halogenated alkanes) is 5. The minimum absolute atomic E-state index is 0.0883. The van der Waals surface area contributed by atoms with Gasteiger partial charge >= 0.3 is 5.97 Å². The number of carboxylic acids is 1. The summed E-state index contributed by atoms with van der Waals surface area (Å²) in [7, 11) is 0. The largest absolute Gasteiger partial charge is 0.481 e. The molecule has 1 aliphatic carbocycles. The summed E-state index contributed by atoms with van der Waals surface area (Å²) >= 11 is 0. The van der Waals surface area contributed by atoms with Gasteiger partial charge in [0.25, 0.3) is 0 Å². The number of rotatable bonds is 13. The number of hydrogen-bond donors (Lipinski definition) is 2. The highest BCUT2D eigenvalue weighted by atomic mass is 16.4. The molecule has 0 aromatic heterocycles. The van der Waals surface area contributed by atoms with Crippen LogP contribution in [0.3, 0.4) is 0 Å². The van der Waals surface area contributed by atoms with Gasteiger partial charge in [-0.25, -0.2) is 0 Å². The van der Waals surface area contributed by atoms with Gasteiger partial charge in [-0.15, -0.1) is 0 Å².